The van der Waals surface area contributed by atoms with Crippen molar-refractivity contribution in [2.45, 2.75) is 13.0 Å². The molecule has 0 aliphatic carbocycles. The smallest absolute Gasteiger partial charge is 0.251 e. The fraction of sp³-hybridized carbons (Fsp3) is 0.167. The number of hydrogen-bond donors (Lipinski definition) is 1. The van der Waals surface area contributed by atoms with Crippen LogP contribution in [-0.4, -0.2) is 27.5 Å². The number of aromatic nitrogens is 3. The van der Waals surface area contributed by atoms with Crippen LogP contribution in [0.3, 0.4) is 0 Å². The molecular weight excluding hydrogens is 320 g/mol. The molecule has 3 aromatic rings. The summed E-state index contributed by atoms with van der Waals surface area (Å²) in [5.41, 5.74) is 2.38. The third kappa shape index (κ3) is 3.03. The minimum Gasteiger partial charge on any atom is -0.454 e. The molecule has 1 aliphatic rings. The minimum atomic E-state index is -0.156. The summed E-state index contributed by atoms with van der Waals surface area (Å²) in [5.74, 6) is 1.29. The van der Waals surface area contributed by atoms with Crippen LogP contribution in [0.4, 0.5) is 0 Å². The van der Waals surface area contributed by atoms with E-state index in [4.69, 9.17) is 9.47 Å². The van der Waals surface area contributed by atoms with Gasteiger partial charge in [0.15, 0.2) is 11.5 Å². The van der Waals surface area contributed by atoms with E-state index in [1.165, 1.54) is 6.33 Å². The number of nitrogens with one attached hydrogen (secondary N) is 1. The Balaban J connectivity index is 1.46. The maximum absolute atomic E-state index is 12.5. The van der Waals surface area contributed by atoms with Crippen LogP contribution < -0.4 is 14.8 Å². The van der Waals surface area contributed by atoms with Gasteiger partial charge in [-0.25, -0.2) is 9.67 Å². The van der Waals surface area contributed by atoms with Crippen molar-refractivity contribution in [2.24, 2.45) is 0 Å². The fourth-order valence-corrected chi connectivity index (χ4v) is 2.65. The van der Waals surface area contributed by atoms with Gasteiger partial charge in [-0.2, -0.15) is 5.10 Å². The van der Waals surface area contributed by atoms with Crippen molar-refractivity contribution in [1.82, 2.24) is 20.1 Å². The van der Waals surface area contributed by atoms with E-state index in [0.717, 1.165) is 17.0 Å². The number of amides is 1. The van der Waals surface area contributed by atoms with Crippen molar-refractivity contribution < 1.29 is 14.3 Å². The number of ether oxygens (including phenoxy) is 2. The van der Waals surface area contributed by atoms with Crippen LogP contribution in [0.5, 0.6) is 11.5 Å². The second-order valence-electron chi connectivity index (χ2n) is 5.69. The first kappa shape index (κ1) is 15.2. The van der Waals surface area contributed by atoms with Crippen molar-refractivity contribution in [3.63, 3.8) is 0 Å². The monoisotopic (exact) mass is 336 g/mol. The fourth-order valence-electron chi connectivity index (χ4n) is 2.65. The maximum Gasteiger partial charge on any atom is 0.251 e. The van der Waals surface area contributed by atoms with Crippen molar-refractivity contribution in [3.8, 4) is 17.2 Å². The molecule has 1 aliphatic heterocycles. The largest absolute Gasteiger partial charge is 0.454 e. The molecule has 0 saturated carbocycles. The molecule has 7 nitrogen and oxygen atoms in total. The van der Waals surface area contributed by atoms with Gasteiger partial charge in [-0.15, -0.1) is 0 Å². The first-order valence-corrected chi connectivity index (χ1v) is 7.86. The molecular formula is C18H16N4O3. The Morgan fingerprint density at radius 2 is 1.96 bits per heavy atom. The quantitative estimate of drug-likeness (QED) is 0.792. The van der Waals surface area contributed by atoms with Gasteiger partial charge in [0, 0.05) is 5.56 Å². The summed E-state index contributed by atoms with van der Waals surface area (Å²) in [6.45, 7) is 2.16. The Morgan fingerprint density at radius 1 is 1.16 bits per heavy atom. The zero-order valence-corrected chi connectivity index (χ0v) is 13.5. The Hall–Kier alpha value is -3.35. The molecule has 1 N–H and O–H groups in total. The zero-order valence-electron chi connectivity index (χ0n) is 13.5. The number of hydrogen-bond acceptors (Lipinski definition) is 5. The molecule has 0 radical (unpaired) electrons. The molecule has 0 fully saturated rings. The predicted octanol–water partition coefficient (Wildman–Crippen LogP) is 2.49. The Labute approximate surface area is 144 Å². The molecule has 25 heavy (non-hydrogen) atoms. The van der Waals surface area contributed by atoms with Gasteiger partial charge in [0.05, 0.1) is 11.7 Å². The molecule has 7 heteroatoms. The number of carbonyl (C=O) groups excluding carboxylic acids is 1. The number of carbonyl (C=O) groups is 1. The van der Waals surface area contributed by atoms with E-state index in [1.807, 2.05) is 37.3 Å². The van der Waals surface area contributed by atoms with Gasteiger partial charge in [-0.05, 0) is 48.9 Å². The second-order valence-corrected chi connectivity index (χ2v) is 5.69. The highest BCUT2D eigenvalue weighted by Crippen LogP contribution is 2.34. The predicted molar refractivity (Wildman–Crippen MR) is 89.8 cm³/mol. The van der Waals surface area contributed by atoms with E-state index in [0.29, 0.717) is 11.3 Å². The van der Waals surface area contributed by atoms with E-state index in [-0.39, 0.29) is 18.7 Å². The second kappa shape index (κ2) is 6.27. The average Bonchev–Trinajstić information content (AvgIpc) is 3.32. The molecule has 1 amide bonds. The van der Waals surface area contributed by atoms with E-state index in [1.54, 1.807) is 23.1 Å². The standard InChI is InChI=1S/C18H16N4O3/c1-12(14-4-7-16-17(8-14)25-11-24-16)21-18(23)13-2-5-15(6-3-13)22-10-19-9-20-22/h2-10,12H,11H2,1H3,(H,21,23)/t12-/m1/s1. The highest BCUT2D eigenvalue weighted by atomic mass is 16.7. The summed E-state index contributed by atoms with van der Waals surface area (Å²) >= 11 is 0. The molecule has 0 saturated heterocycles. The third-order valence-corrected chi connectivity index (χ3v) is 4.06. The van der Waals surface area contributed by atoms with Gasteiger partial charge >= 0.3 is 0 Å². The topological polar surface area (TPSA) is 78.3 Å². The summed E-state index contributed by atoms with van der Waals surface area (Å²) < 4.78 is 12.3. The lowest BCUT2D eigenvalue weighted by Gasteiger charge is -2.15. The van der Waals surface area contributed by atoms with Crippen molar-refractivity contribution in [3.05, 3.63) is 66.2 Å². The molecule has 4 rings (SSSR count). The lowest BCUT2D eigenvalue weighted by atomic mass is 10.1. The molecule has 0 spiro atoms. The van der Waals surface area contributed by atoms with E-state index in [9.17, 15) is 4.79 Å². The summed E-state index contributed by atoms with van der Waals surface area (Å²) in [5, 5.41) is 7.05. The first-order chi connectivity index (χ1) is 12.2. The molecule has 0 bridgehead atoms. The van der Waals surface area contributed by atoms with Crippen LogP contribution in [0.15, 0.2) is 55.1 Å². The summed E-state index contributed by atoms with van der Waals surface area (Å²) in [7, 11) is 0. The summed E-state index contributed by atoms with van der Waals surface area (Å²) in [6, 6.07) is 12.7. The highest BCUT2D eigenvalue weighted by Gasteiger charge is 2.17. The molecule has 1 aromatic heterocycles. The van der Waals surface area contributed by atoms with E-state index < -0.39 is 0 Å². The highest BCUT2D eigenvalue weighted by molar-refractivity contribution is 5.94. The van der Waals surface area contributed by atoms with Gasteiger partial charge in [-0.3, -0.25) is 4.79 Å². The Kier molecular flexibility index (Phi) is 3.81. The Bertz CT molecular complexity index is 891. The van der Waals surface area contributed by atoms with Gasteiger partial charge < -0.3 is 14.8 Å². The Morgan fingerprint density at radius 3 is 2.72 bits per heavy atom. The van der Waals surface area contributed by atoms with Gasteiger partial charge in [0.25, 0.3) is 5.91 Å². The number of fused-ring (bicyclic) bond motifs is 1. The van der Waals surface area contributed by atoms with Crippen molar-refractivity contribution >= 4 is 5.91 Å². The van der Waals surface area contributed by atoms with Crippen molar-refractivity contribution in [1.29, 1.82) is 0 Å². The lowest BCUT2D eigenvalue weighted by Crippen LogP contribution is -2.26. The third-order valence-electron chi connectivity index (χ3n) is 4.06. The van der Waals surface area contributed by atoms with Crippen LogP contribution in [0.25, 0.3) is 5.69 Å². The van der Waals surface area contributed by atoms with Crippen LogP contribution in [0.1, 0.15) is 28.9 Å². The van der Waals surface area contributed by atoms with Crippen LogP contribution in [0, 0.1) is 0 Å². The average molecular weight is 336 g/mol. The van der Waals surface area contributed by atoms with Crippen LogP contribution >= 0.6 is 0 Å². The summed E-state index contributed by atoms with van der Waals surface area (Å²) in [4.78, 5) is 16.4. The van der Waals surface area contributed by atoms with E-state index >= 15 is 0 Å². The normalized spacial score (nSPS) is 13.5. The molecule has 126 valence electrons. The lowest BCUT2D eigenvalue weighted by molar-refractivity contribution is 0.0940. The van der Waals surface area contributed by atoms with Gasteiger partial charge in [0.2, 0.25) is 6.79 Å². The van der Waals surface area contributed by atoms with Crippen molar-refractivity contribution in [2.75, 3.05) is 6.79 Å². The maximum atomic E-state index is 12.5. The molecule has 2 heterocycles. The summed E-state index contributed by atoms with van der Waals surface area (Å²) in [6.07, 6.45) is 3.07. The SMILES string of the molecule is C[C@@H](NC(=O)c1ccc(-n2cncn2)cc1)c1ccc2c(c1)OCO2. The number of benzene rings is 2. The van der Waals surface area contributed by atoms with E-state index in [2.05, 4.69) is 15.4 Å². The minimum absolute atomic E-state index is 0.143. The number of rotatable bonds is 4. The number of nitrogens with zero attached hydrogens (tertiary/aromatic N) is 3. The zero-order chi connectivity index (χ0) is 17.2. The van der Waals surface area contributed by atoms with Crippen LogP contribution in [-0.2, 0) is 0 Å². The van der Waals surface area contributed by atoms with Crippen LogP contribution in [0.2, 0.25) is 0 Å². The first-order valence-electron chi connectivity index (χ1n) is 7.86. The molecule has 1 atom stereocenters. The molecule has 2 aromatic carbocycles. The van der Waals surface area contributed by atoms with Gasteiger partial charge in [-0.1, -0.05) is 6.07 Å². The molecule has 0 unspecified atom stereocenters. The van der Waals surface area contributed by atoms with Gasteiger partial charge in [0.1, 0.15) is 12.7 Å².